The number of carbonyl (C=O) groups is 3. The van der Waals surface area contributed by atoms with E-state index in [1.165, 1.54) is 0 Å². The lowest BCUT2D eigenvalue weighted by molar-refractivity contribution is -0.140. The van der Waals surface area contributed by atoms with E-state index in [2.05, 4.69) is 20.6 Å². The number of carbonyl (C=O) groups excluding carboxylic acids is 2. The maximum atomic E-state index is 12.4. The van der Waals surface area contributed by atoms with E-state index < -0.39 is 23.8 Å². The van der Waals surface area contributed by atoms with Crippen LogP contribution in [0.5, 0.6) is 0 Å². The molecule has 0 aliphatic heterocycles. The first kappa shape index (κ1) is 19.7. The predicted molar refractivity (Wildman–Crippen MR) is 94.9 cm³/mol. The minimum Gasteiger partial charge on any atom is -0.481 e. The Morgan fingerprint density at radius 1 is 1.38 bits per heavy atom. The summed E-state index contributed by atoms with van der Waals surface area (Å²) in [5.74, 6) is -2.14. The molecule has 0 saturated heterocycles. The maximum absolute atomic E-state index is 12.4. The van der Waals surface area contributed by atoms with Crippen LogP contribution in [0.2, 0.25) is 0 Å². The van der Waals surface area contributed by atoms with E-state index in [0.717, 1.165) is 5.69 Å². The molecule has 26 heavy (non-hydrogen) atoms. The van der Waals surface area contributed by atoms with Crippen LogP contribution < -0.4 is 16.4 Å². The number of nitrogens with two attached hydrogens (primary N) is 1. The monoisotopic (exact) mass is 365 g/mol. The van der Waals surface area contributed by atoms with Crippen LogP contribution in [0.25, 0.3) is 0 Å². The number of nitrogens with one attached hydrogen (secondary N) is 3. The van der Waals surface area contributed by atoms with E-state index in [4.69, 9.17) is 10.8 Å². The van der Waals surface area contributed by atoms with Crippen molar-refractivity contribution in [3.8, 4) is 0 Å². The standard InChI is InChI=1S/C17H27N5O4/c1-9(2)6-13(22-14(23)11-7-12(11)16(25)26)15(24)19-5-3-4-10-8-20-17(18)21-10/h8-9,11-13H,3-7H2,1-2H3,(H,19,24)(H,22,23)(H,25,26)(H3,18,20,21)/t11-,12-,13-/m0/s1. The fourth-order valence-electron chi connectivity index (χ4n) is 2.86. The van der Waals surface area contributed by atoms with Crippen LogP contribution in [0.3, 0.4) is 0 Å². The second-order valence-corrected chi connectivity index (χ2v) is 7.17. The Hall–Kier alpha value is -2.58. The molecule has 9 nitrogen and oxygen atoms in total. The van der Waals surface area contributed by atoms with Gasteiger partial charge in [-0.25, -0.2) is 4.98 Å². The third-order valence-electron chi connectivity index (χ3n) is 4.35. The van der Waals surface area contributed by atoms with Crippen molar-refractivity contribution < 1.29 is 19.5 Å². The highest BCUT2D eigenvalue weighted by Crippen LogP contribution is 2.38. The zero-order chi connectivity index (χ0) is 19.3. The van der Waals surface area contributed by atoms with Gasteiger partial charge in [0.2, 0.25) is 11.8 Å². The normalized spacial score (nSPS) is 19.8. The number of nitrogens with zero attached hydrogens (tertiary/aromatic N) is 1. The quantitative estimate of drug-likeness (QED) is 0.376. The number of H-pyrrole nitrogens is 1. The lowest BCUT2D eigenvalue weighted by Crippen LogP contribution is -2.48. The van der Waals surface area contributed by atoms with Gasteiger partial charge in [0.1, 0.15) is 6.04 Å². The average molecular weight is 365 g/mol. The van der Waals surface area contributed by atoms with Crippen LogP contribution in [0, 0.1) is 17.8 Å². The molecule has 1 aliphatic carbocycles. The number of anilines is 1. The summed E-state index contributed by atoms with van der Waals surface area (Å²) >= 11 is 0. The van der Waals surface area contributed by atoms with E-state index in [0.29, 0.717) is 38.2 Å². The highest BCUT2D eigenvalue weighted by Gasteiger charge is 2.48. The first-order chi connectivity index (χ1) is 12.3. The van der Waals surface area contributed by atoms with Gasteiger partial charge in [0.05, 0.1) is 18.0 Å². The van der Waals surface area contributed by atoms with Crippen LogP contribution >= 0.6 is 0 Å². The molecule has 1 heterocycles. The van der Waals surface area contributed by atoms with Crippen LogP contribution in [0.15, 0.2) is 6.20 Å². The van der Waals surface area contributed by atoms with Gasteiger partial charge in [-0.15, -0.1) is 0 Å². The van der Waals surface area contributed by atoms with Gasteiger partial charge >= 0.3 is 5.97 Å². The van der Waals surface area contributed by atoms with Crippen molar-refractivity contribution >= 4 is 23.7 Å². The molecule has 1 aliphatic rings. The average Bonchev–Trinajstić information content (AvgIpc) is 3.27. The Balaban J connectivity index is 1.78. The Kier molecular flexibility index (Phi) is 6.59. The first-order valence-corrected chi connectivity index (χ1v) is 8.88. The number of carboxylic acids is 1. The molecule has 1 fully saturated rings. The molecule has 9 heteroatoms. The second kappa shape index (κ2) is 8.68. The van der Waals surface area contributed by atoms with Crippen molar-refractivity contribution in [2.24, 2.45) is 17.8 Å². The predicted octanol–water partition coefficient (Wildman–Crippen LogP) is 0.292. The lowest BCUT2D eigenvalue weighted by atomic mass is 10.0. The topological polar surface area (TPSA) is 150 Å². The molecule has 2 rings (SSSR count). The highest BCUT2D eigenvalue weighted by molar-refractivity contribution is 5.93. The van der Waals surface area contributed by atoms with E-state index in [1.54, 1.807) is 6.20 Å². The molecule has 144 valence electrons. The van der Waals surface area contributed by atoms with Gasteiger partial charge < -0.3 is 26.5 Å². The number of amides is 2. The molecule has 0 unspecified atom stereocenters. The van der Waals surface area contributed by atoms with Crippen molar-refractivity contribution in [3.63, 3.8) is 0 Å². The molecule has 0 bridgehead atoms. The number of aromatic amines is 1. The molecular formula is C17H27N5O4. The number of rotatable bonds is 10. The number of imidazole rings is 1. The van der Waals surface area contributed by atoms with E-state index in [-0.39, 0.29) is 17.7 Å². The number of carboxylic acid groups (broad SMARTS) is 1. The Labute approximate surface area is 152 Å². The van der Waals surface area contributed by atoms with E-state index in [1.807, 2.05) is 13.8 Å². The summed E-state index contributed by atoms with van der Waals surface area (Å²) in [7, 11) is 0. The summed E-state index contributed by atoms with van der Waals surface area (Å²) in [6.07, 6.45) is 3.91. The number of hydrogen-bond donors (Lipinski definition) is 5. The summed E-state index contributed by atoms with van der Waals surface area (Å²) < 4.78 is 0. The number of nitrogen functional groups attached to an aromatic ring is 1. The minimum atomic E-state index is -0.963. The van der Waals surface area contributed by atoms with Crippen LogP contribution in [-0.2, 0) is 20.8 Å². The molecule has 0 spiro atoms. The zero-order valence-electron chi connectivity index (χ0n) is 15.1. The molecule has 3 atom stereocenters. The SMILES string of the molecule is CC(C)C[C@H](NC(=O)[C@H]1C[C@@H]1C(=O)O)C(=O)NCCCc1cnc(N)[nH]1. The summed E-state index contributed by atoms with van der Waals surface area (Å²) in [4.78, 5) is 42.3. The molecule has 6 N–H and O–H groups in total. The molecular weight excluding hydrogens is 338 g/mol. The van der Waals surface area contributed by atoms with Gasteiger partial charge in [-0.3, -0.25) is 14.4 Å². The van der Waals surface area contributed by atoms with Crippen LogP contribution in [0.1, 0.15) is 38.8 Å². The highest BCUT2D eigenvalue weighted by atomic mass is 16.4. The maximum Gasteiger partial charge on any atom is 0.307 e. The summed E-state index contributed by atoms with van der Waals surface area (Å²) in [5.41, 5.74) is 6.41. The Morgan fingerprint density at radius 2 is 2.12 bits per heavy atom. The van der Waals surface area contributed by atoms with E-state index in [9.17, 15) is 14.4 Å². The van der Waals surface area contributed by atoms with Gasteiger partial charge in [0, 0.05) is 12.2 Å². The summed E-state index contributed by atoms with van der Waals surface area (Å²) in [5, 5.41) is 14.5. The van der Waals surface area contributed by atoms with Crippen molar-refractivity contribution in [2.45, 2.75) is 45.6 Å². The van der Waals surface area contributed by atoms with Crippen molar-refractivity contribution in [1.29, 1.82) is 0 Å². The molecule has 1 aromatic heterocycles. The number of aryl methyl sites for hydroxylation is 1. The lowest BCUT2D eigenvalue weighted by Gasteiger charge is -2.20. The fourth-order valence-corrected chi connectivity index (χ4v) is 2.86. The van der Waals surface area contributed by atoms with Gasteiger partial charge in [-0.05, 0) is 31.6 Å². The molecule has 0 aromatic carbocycles. The van der Waals surface area contributed by atoms with E-state index >= 15 is 0 Å². The van der Waals surface area contributed by atoms with Crippen molar-refractivity contribution in [3.05, 3.63) is 11.9 Å². The van der Waals surface area contributed by atoms with Crippen LogP contribution in [-0.4, -0.2) is 45.4 Å². The summed E-state index contributed by atoms with van der Waals surface area (Å²) in [6, 6.07) is -0.652. The summed E-state index contributed by atoms with van der Waals surface area (Å²) in [6.45, 7) is 4.39. The Morgan fingerprint density at radius 3 is 2.65 bits per heavy atom. The van der Waals surface area contributed by atoms with Gasteiger partial charge in [0.25, 0.3) is 0 Å². The number of aromatic nitrogens is 2. The number of hydrogen-bond acceptors (Lipinski definition) is 5. The van der Waals surface area contributed by atoms with Gasteiger partial charge in [-0.1, -0.05) is 13.8 Å². The van der Waals surface area contributed by atoms with Crippen molar-refractivity contribution in [1.82, 2.24) is 20.6 Å². The number of aliphatic carboxylic acids is 1. The van der Waals surface area contributed by atoms with Gasteiger partial charge in [0.15, 0.2) is 5.95 Å². The second-order valence-electron chi connectivity index (χ2n) is 7.17. The Bertz CT molecular complexity index is 657. The molecule has 0 radical (unpaired) electrons. The first-order valence-electron chi connectivity index (χ1n) is 8.88. The van der Waals surface area contributed by atoms with Crippen LogP contribution in [0.4, 0.5) is 5.95 Å². The third kappa shape index (κ3) is 5.75. The smallest absolute Gasteiger partial charge is 0.307 e. The van der Waals surface area contributed by atoms with Gasteiger partial charge in [-0.2, -0.15) is 0 Å². The fraction of sp³-hybridized carbons (Fsp3) is 0.647. The minimum absolute atomic E-state index is 0.216. The molecule has 2 amide bonds. The molecule has 1 saturated carbocycles. The zero-order valence-corrected chi connectivity index (χ0v) is 15.1. The molecule has 1 aromatic rings. The third-order valence-corrected chi connectivity index (χ3v) is 4.35. The van der Waals surface area contributed by atoms with Crippen molar-refractivity contribution in [2.75, 3.05) is 12.3 Å². The largest absolute Gasteiger partial charge is 0.481 e.